The summed E-state index contributed by atoms with van der Waals surface area (Å²) in [4.78, 5) is 11.0. The fraction of sp³-hybridized carbons (Fsp3) is 0.900. The second kappa shape index (κ2) is 4.75. The molecule has 1 unspecified atom stereocenters. The predicted molar refractivity (Wildman–Crippen MR) is 56.8 cm³/mol. The van der Waals surface area contributed by atoms with Crippen molar-refractivity contribution in [1.82, 2.24) is 5.32 Å². The summed E-state index contributed by atoms with van der Waals surface area (Å²) in [5.41, 5.74) is 3.93. The van der Waals surface area contributed by atoms with Crippen LogP contribution < -0.4 is 11.1 Å². The van der Waals surface area contributed by atoms with Gasteiger partial charge in [-0.15, -0.1) is 0 Å². The van der Waals surface area contributed by atoms with Crippen LogP contribution in [0.15, 0.2) is 0 Å². The highest BCUT2D eigenvalue weighted by Crippen LogP contribution is 2.13. The minimum absolute atomic E-state index is 0.332. The Bertz CT molecular complexity index is 200. The topological polar surface area (TPSA) is 75.3 Å². The Kier molecular flexibility index (Phi) is 4.55. The van der Waals surface area contributed by atoms with Crippen LogP contribution in [0.25, 0.3) is 0 Å². The molecule has 0 bridgehead atoms. The summed E-state index contributed by atoms with van der Waals surface area (Å²) in [5, 5.41) is 12.7. The molecular weight excluding hydrogens is 180 g/mol. The van der Waals surface area contributed by atoms with Gasteiger partial charge in [-0.25, -0.2) is 0 Å². The van der Waals surface area contributed by atoms with Crippen LogP contribution in [0, 0.1) is 5.41 Å². The average Bonchev–Trinajstić information content (AvgIpc) is 2.03. The molecule has 0 rings (SSSR count). The Labute approximate surface area is 85.9 Å². The van der Waals surface area contributed by atoms with Gasteiger partial charge in [0.05, 0.1) is 11.0 Å². The monoisotopic (exact) mass is 202 g/mol. The van der Waals surface area contributed by atoms with Crippen molar-refractivity contribution in [2.75, 3.05) is 13.1 Å². The molecule has 14 heavy (non-hydrogen) atoms. The third-order valence-corrected chi connectivity index (χ3v) is 2.50. The lowest BCUT2D eigenvalue weighted by atomic mass is 9.92. The Morgan fingerprint density at radius 3 is 2.21 bits per heavy atom. The SMILES string of the molecule is CCC(C)(O)CNCC(C)(C)C(N)=O. The van der Waals surface area contributed by atoms with Crippen LogP contribution in [0.5, 0.6) is 0 Å². The zero-order valence-corrected chi connectivity index (χ0v) is 9.55. The van der Waals surface area contributed by atoms with Crippen LogP contribution in [-0.4, -0.2) is 29.7 Å². The average molecular weight is 202 g/mol. The van der Waals surface area contributed by atoms with E-state index in [9.17, 15) is 9.90 Å². The Morgan fingerprint density at radius 1 is 1.36 bits per heavy atom. The second-order valence-corrected chi connectivity index (χ2v) is 4.70. The molecule has 0 saturated carbocycles. The molecule has 0 spiro atoms. The highest BCUT2D eigenvalue weighted by Gasteiger charge is 2.25. The summed E-state index contributed by atoms with van der Waals surface area (Å²) < 4.78 is 0. The second-order valence-electron chi connectivity index (χ2n) is 4.70. The van der Waals surface area contributed by atoms with Gasteiger partial charge in [0, 0.05) is 13.1 Å². The van der Waals surface area contributed by atoms with E-state index in [0.29, 0.717) is 19.5 Å². The van der Waals surface area contributed by atoms with E-state index in [1.807, 2.05) is 6.92 Å². The summed E-state index contributed by atoms with van der Waals surface area (Å²) in [6.07, 6.45) is 0.678. The van der Waals surface area contributed by atoms with Crippen LogP contribution in [-0.2, 0) is 4.79 Å². The molecule has 1 amide bonds. The molecule has 0 heterocycles. The van der Waals surface area contributed by atoms with Crippen molar-refractivity contribution in [3.05, 3.63) is 0 Å². The standard InChI is InChI=1S/C10H22N2O2/c1-5-10(4,14)7-12-6-9(2,3)8(11)13/h12,14H,5-7H2,1-4H3,(H2,11,13). The van der Waals surface area contributed by atoms with Gasteiger partial charge in [-0.2, -0.15) is 0 Å². The fourth-order valence-electron chi connectivity index (χ4n) is 0.856. The summed E-state index contributed by atoms with van der Waals surface area (Å²) in [5.74, 6) is -0.332. The predicted octanol–water partition coefficient (Wildman–Crippen LogP) is 0.249. The Balaban J connectivity index is 3.91. The van der Waals surface area contributed by atoms with E-state index in [1.165, 1.54) is 0 Å². The van der Waals surface area contributed by atoms with E-state index in [4.69, 9.17) is 5.73 Å². The van der Waals surface area contributed by atoms with E-state index < -0.39 is 11.0 Å². The van der Waals surface area contributed by atoms with Crippen molar-refractivity contribution < 1.29 is 9.90 Å². The molecule has 84 valence electrons. The zero-order chi connectivity index (χ0) is 11.4. The summed E-state index contributed by atoms with van der Waals surface area (Å²) in [6, 6.07) is 0. The normalized spacial score (nSPS) is 16.4. The highest BCUT2D eigenvalue weighted by atomic mass is 16.3. The number of nitrogens with two attached hydrogens (primary N) is 1. The van der Waals surface area contributed by atoms with Crippen LogP contribution >= 0.6 is 0 Å². The lowest BCUT2D eigenvalue weighted by Gasteiger charge is -2.26. The van der Waals surface area contributed by atoms with Crippen molar-refractivity contribution in [3.63, 3.8) is 0 Å². The molecule has 4 heteroatoms. The van der Waals surface area contributed by atoms with Crippen LogP contribution in [0.4, 0.5) is 0 Å². The van der Waals surface area contributed by atoms with Crippen LogP contribution in [0.2, 0.25) is 0 Å². The van der Waals surface area contributed by atoms with Crippen LogP contribution in [0.1, 0.15) is 34.1 Å². The molecule has 1 atom stereocenters. The van der Waals surface area contributed by atoms with Crippen molar-refractivity contribution in [1.29, 1.82) is 0 Å². The molecule has 0 aromatic rings. The minimum atomic E-state index is -0.715. The number of carbonyl (C=O) groups is 1. The number of rotatable bonds is 6. The van der Waals surface area contributed by atoms with E-state index in [2.05, 4.69) is 5.32 Å². The van der Waals surface area contributed by atoms with Crippen molar-refractivity contribution in [2.45, 2.75) is 39.7 Å². The molecule has 0 fully saturated rings. The van der Waals surface area contributed by atoms with Gasteiger partial charge in [0.1, 0.15) is 0 Å². The van der Waals surface area contributed by atoms with Gasteiger partial charge in [0.2, 0.25) is 5.91 Å². The maximum absolute atomic E-state index is 11.0. The Hall–Kier alpha value is -0.610. The molecule has 0 radical (unpaired) electrons. The number of aliphatic hydroxyl groups is 1. The molecule has 0 saturated heterocycles. The van der Waals surface area contributed by atoms with Gasteiger partial charge in [-0.05, 0) is 27.2 Å². The third-order valence-electron chi connectivity index (χ3n) is 2.50. The number of amides is 1. The van der Waals surface area contributed by atoms with E-state index in [0.717, 1.165) is 0 Å². The maximum atomic E-state index is 11.0. The molecular formula is C10H22N2O2. The first-order valence-corrected chi connectivity index (χ1v) is 4.94. The first kappa shape index (κ1) is 13.4. The van der Waals surface area contributed by atoms with Gasteiger partial charge in [-0.3, -0.25) is 4.79 Å². The summed E-state index contributed by atoms with van der Waals surface area (Å²) >= 11 is 0. The number of hydrogen-bond donors (Lipinski definition) is 3. The van der Waals surface area contributed by atoms with Crippen molar-refractivity contribution in [2.24, 2.45) is 11.1 Å². The lowest BCUT2D eigenvalue weighted by molar-refractivity contribution is -0.125. The number of carbonyl (C=O) groups excluding carboxylic acids is 1. The maximum Gasteiger partial charge on any atom is 0.224 e. The molecule has 0 aliphatic heterocycles. The smallest absolute Gasteiger partial charge is 0.224 e. The fourth-order valence-corrected chi connectivity index (χ4v) is 0.856. The van der Waals surface area contributed by atoms with E-state index in [-0.39, 0.29) is 5.91 Å². The molecule has 0 aliphatic rings. The quantitative estimate of drug-likeness (QED) is 0.578. The number of hydrogen-bond acceptors (Lipinski definition) is 3. The Morgan fingerprint density at radius 2 is 1.86 bits per heavy atom. The molecule has 4 N–H and O–H groups in total. The van der Waals surface area contributed by atoms with Gasteiger partial charge in [0.25, 0.3) is 0 Å². The van der Waals surface area contributed by atoms with E-state index >= 15 is 0 Å². The lowest BCUT2D eigenvalue weighted by Crippen LogP contribution is -2.45. The van der Waals surface area contributed by atoms with Gasteiger partial charge in [0.15, 0.2) is 0 Å². The first-order valence-electron chi connectivity index (χ1n) is 4.94. The first-order chi connectivity index (χ1) is 6.21. The van der Waals surface area contributed by atoms with Crippen molar-refractivity contribution >= 4 is 5.91 Å². The molecule has 4 nitrogen and oxygen atoms in total. The zero-order valence-electron chi connectivity index (χ0n) is 9.55. The highest BCUT2D eigenvalue weighted by molar-refractivity contribution is 5.80. The summed E-state index contributed by atoms with van der Waals surface area (Å²) in [6.45, 7) is 8.20. The van der Waals surface area contributed by atoms with Gasteiger partial charge >= 0.3 is 0 Å². The largest absolute Gasteiger partial charge is 0.389 e. The minimum Gasteiger partial charge on any atom is -0.389 e. The van der Waals surface area contributed by atoms with E-state index in [1.54, 1.807) is 20.8 Å². The van der Waals surface area contributed by atoms with Gasteiger partial charge < -0.3 is 16.2 Å². The molecule has 0 aliphatic carbocycles. The number of nitrogens with one attached hydrogen (secondary N) is 1. The van der Waals surface area contributed by atoms with Crippen molar-refractivity contribution in [3.8, 4) is 0 Å². The molecule has 0 aromatic carbocycles. The van der Waals surface area contributed by atoms with Crippen LogP contribution in [0.3, 0.4) is 0 Å². The molecule has 0 aromatic heterocycles. The number of primary amides is 1. The summed E-state index contributed by atoms with van der Waals surface area (Å²) in [7, 11) is 0. The third kappa shape index (κ3) is 4.58. The van der Waals surface area contributed by atoms with Gasteiger partial charge in [-0.1, -0.05) is 6.92 Å².